The molecule has 1 aliphatic carbocycles. The fourth-order valence-electron chi connectivity index (χ4n) is 4.22. The largest absolute Gasteiger partial charge is 0.455 e. The molecule has 1 heterocycles. The first-order chi connectivity index (χ1) is 12.5. The maximum Gasteiger partial charge on any atom is 0.317 e. The summed E-state index contributed by atoms with van der Waals surface area (Å²) < 4.78 is 5.44. The molecule has 0 spiro atoms. The van der Waals surface area contributed by atoms with Gasteiger partial charge in [0, 0.05) is 6.54 Å². The van der Waals surface area contributed by atoms with Crippen LogP contribution in [0.5, 0.6) is 0 Å². The van der Waals surface area contributed by atoms with Crippen molar-refractivity contribution in [1.29, 1.82) is 0 Å². The van der Waals surface area contributed by atoms with Gasteiger partial charge in [0.25, 0.3) is 5.91 Å². The highest BCUT2D eigenvalue weighted by molar-refractivity contribution is 5.89. The number of nitrogens with two attached hydrogens (primary N) is 1. The molecule has 1 saturated heterocycles. The minimum absolute atomic E-state index is 0.336. The number of amides is 2. The molecule has 1 aliphatic heterocycles. The molecule has 1 aromatic rings. The lowest BCUT2D eigenvalue weighted by Crippen LogP contribution is -2.52. The fourth-order valence-corrected chi connectivity index (χ4v) is 4.22. The zero-order valence-electron chi connectivity index (χ0n) is 15.0. The number of hydrogen-bond acceptors (Lipinski definition) is 4. The Labute approximate surface area is 153 Å². The second-order valence-electron chi connectivity index (χ2n) is 7.23. The summed E-state index contributed by atoms with van der Waals surface area (Å²) in [6, 6.07) is 9.05. The van der Waals surface area contributed by atoms with Gasteiger partial charge in [0.1, 0.15) is 6.04 Å². The van der Waals surface area contributed by atoms with E-state index in [1.54, 1.807) is 0 Å². The number of carbonyl (C=O) groups excluding carboxylic acids is 3. The predicted octanol–water partition coefficient (Wildman–Crippen LogP) is 1.91. The predicted molar refractivity (Wildman–Crippen MR) is 96.1 cm³/mol. The van der Waals surface area contributed by atoms with Crippen LogP contribution in [0, 0.1) is 0 Å². The minimum atomic E-state index is -0.660. The Bertz CT molecular complexity index is 668. The van der Waals surface area contributed by atoms with Gasteiger partial charge in [-0.05, 0) is 37.7 Å². The van der Waals surface area contributed by atoms with E-state index < -0.39 is 17.4 Å². The molecule has 6 nitrogen and oxygen atoms in total. The van der Waals surface area contributed by atoms with Crippen LogP contribution in [0.1, 0.15) is 50.5 Å². The summed E-state index contributed by atoms with van der Waals surface area (Å²) in [5.74, 6) is -1.19. The van der Waals surface area contributed by atoms with E-state index in [1.807, 2.05) is 30.3 Å². The molecule has 26 heavy (non-hydrogen) atoms. The zero-order valence-corrected chi connectivity index (χ0v) is 15.0. The summed E-state index contributed by atoms with van der Waals surface area (Å²) in [6.45, 7) is 0.144. The maximum atomic E-state index is 12.9. The van der Waals surface area contributed by atoms with E-state index in [4.69, 9.17) is 10.5 Å². The number of likely N-dealkylation sites (tertiary alicyclic amines) is 1. The molecular formula is C20H26N2O4. The van der Waals surface area contributed by atoms with E-state index in [0.717, 1.165) is 44.1 Å². The highest BCUT2D eigenvalue weighted by atomic mass is 16.5. The van der Waals surface area contributed by atoms with Crippen LogP contribution in [0.2, 0.25) is 0 Å². The second-order valence-corrected chi connectivity index (χ2v) is 7.23. The normalized spacial score (nSPS) is 22.0. The SMILES string of the molecule is NC(=O)[C@H]1CCCCN1C(=O)COC(=O)C1(c2ccccc2)CCCC1. The summed E-state index contributed by atoms with van der Waals surface area (Å²) in [4.78, 5) is 38.4. The summed E-state index contributed by atoms with van der Waals surface area (Å²) in [7, 11) is 0. The van der Waals surface area contributed by atoms with Gasteiger partial charge in [-0.2, -0.15) is 0 Å². The number of esters is 1. The summed E-state index contributed by atoms with van der Waals surface area (Å²) >= 11 is 0. The molecule has 2 amide bonds. The first kappa shape index (κ1) is 18.4. The van der Waals surface area contributed by atoms with Gasteiger partial charge in [-0.3, -0.25) is 14.4 Å². The Kier molecular flexibility index (Phi) is 5.59. The summed E-state index contributed by atoms with van der Waals surface area (Å²) in [5.41, 5.74) is 5.69. The Morgan fingerprint density at radius 1 is 1.08 bits per heavy atom. The average molecular weight is 358 g/mol. The Hall–Kier alpha value is -2.37. The van der Waals surface area contributed by atoms with E-state index in [9.17, 15) is 14.4 Å². The third-order valence-corrected chi connectivity index (χ3v) is 5.65. The zero-order chi connectivity index (χ0) is 18.6. The molecule has 0 bridgehead atoms. The first-order valence-electron chi connectivity index (χ1n) is 9.36. The number of piperidine rings is 1. The van der Waals surface area contributed by atoms with E-state index >= 15 is 0 Å². The van der Waals surface area contributed by atoms with Crippen molar-refractivity contribution in [3.05, 3.63) is 35.9 Å². The molecule has 2 fully saturated rings. The van der Waals surface area contributed by atoms with Crippen LogP contribution in [0.25, 0.3) is 0 Å². The van der Waals surface area contributed by atoms with Gasteiger partial charge in [0.2, 0.25) is 5.91 Å². The van der Waals surface area contributed by atoms with Crippen molar-refractivity contribution in [2.24, 2.45) is 5.73 Å². The average Bonchev–Trinajstić information content (AvgIpc) is 3.17. The van der Waals surface area contributed by atoms with E-state index in [-0.39, 0.29) is 18.5 Å². The third-order valence-electron chi connectivity index (χ3n) is 5.65. The van der Waals surface area contributed by atoms with E-state index in [2.05, 4.69) is 0 Å². The lowest BCUT2D eigenvalue weighted by atomic mass is 9.79. The van der Waals surface area contributed by atoms with E-state index in [0.29, 0.717) is 13.0 Å². The van der Waals surface area contributed by atoms with Crippen molar-refractivity contribution in [3.63, 3.8) is 0 Å². The fraction of sp³-hybridized carbons (Fsp3) is 0.550. The van der Waals surface area contributed by atoms with Gasteiger partial charge in [0.15, 0.2) is 6.61 Å². The van der Waals surface area contributed by atoms with Crippen molar-refractivity contribution >= 4 is 17.8 Å². The molecule has 0 aromatic heterocycles. The van der Waals surface area contributed by atoms with Crippen LogP contribution in [0.4, 0.5) is 0 Å². The number of hydrogen-bond donors (Lipinski definition) is 1. The van der Waals surface area contributed by atoms with Crippen LogP contribution in [0.15, 0.2) is 30.3 Å². The van der Waals surface area contributed by atoms with Crippen LogP contribution in [-0.2, 0) is 24.5 Å². The van der Waals surface area contributed by atoms with Gasteiger partial charge in [0.05, 0.1) is 5.41 Å². The monoisotopic (exact) mass is 358 g/mol. The number of carbonyl (C=O) groups is 3. The molecule has 2 N–H and O–H groups in total. The van der Waals surface area contributed by atoms with Gasteiger partial charge in [-0.1, -0.05) is 43.2 Å². The number of ether oxygens (including phenoxy) is 1. The maximum absolute atomic E-state index is 12.9. The molecule has 0 unspecified atom stereocenters. The Morgan fingerprint density at radius 2 is 1.77 bits per heavy atom. The van der Waals surface area contributed by atoms with Crippen LogP contribution >= 0.6 is 0 Å². The highest BCUT2D eigenvalue weighted by Gasteiger charge is 2.44. The minimum Gasteiger partial charge on any atom is -0.455 e. The third kappa shape index (κ3) is 3.59. The van der Waals surface area contributed by atoms with Gasteiger partial charge < -0.3 is 15.4 Å². The molecule has 3 rings (SSSR count). The molecule has 2 aliphatic rings. The lowest BCUT2D eigenvalue weighted by Gasteiger charge is -2.34. The molecule has 6 heteroatoms. The molecule has 0 radical (unpaired) electrons. The Morgan fingerprint density at radius 3 is 2.42 bits per heavy atom. The van der Waals surface area contributed by atoms with Gasteiger partial charge in [-0.25, -0.2) is 0 Å². The molecule has 1 aromatic carbocycles. The molecule has 1 saturated carbocycles. The standard InChI is InChI=1S/C20H26N2O4/c21-18(24)16-10-4-7-13-22(16)17(23)14-26-19(25)20(11-5-6-12-20)15-8-2-1-3-9-15/h1-3,8-9,16H,4-7,10-14H2,(H2,21,24)/t16-/m1/s1. The number of nitrogens with zero attached hydrogens (tertiary/aromatic N) is 1. The number of benzene rings is 1. The van der Waals surface area contributed by atoms with Gasteiger partial charge >= 0.3 is 5.97 Å². The smallest absolute Gasteiger partial charge is 0.317 e. The van der Waals surface area contributed by atoms with Crippen molar-refractivity contribution < 1.29 is 19.1 Å². The van der Waals surface area contributed by atoms with Crippen LogP contribution in [0.3, 0.4) is 0 Å². The van der Waals surface area contributed by atoms with Gasteiger partial charge in [-0.15, -0.1) is 0 Å². The van der Waals surface area contributed by atoms with E-state index in [1.165, 1.54) is 4.90 Å². The first-order valence-corrected chi connectivity index (χ1v) is 9.36. The quantitative estimate of drug-likeness (QED) is 0.814. The highest BCUT2D eigenvalue weighted by Crippen LogP contribution is 2.42. The summed E-state index contributed by atoms with van der Waals surface area (Å²) in [5, 5.41) is 0. The number of primary amides is 1. The van der Waals surface area contributed by atoms with Crippen molar-refractivity contribution in [2.75, 3.05) is 13.2 Å². The number of rotatable bonds is 5. The topological polar surface area (TPSA) is 89.7 Å². The second kappa shape index (κ2) is 7.89. The van der Waals surface area contributed by atoms with Crippen molar-refractivity contribution in [1.82, 2.24) is 4.90 Å². The molecule has 1 atom stereocenters. The summed E-state index contributed by atoms with van der Waals surface area (Å²) in [6.07, 6.45) is 5.67. The Balaban J connectivity index is 1.67. The van der Waals surface area contributed by atoms with Crippen molar-refractivity contribution in [3.8, 4) is 0 Å². The molecular weight excluding hydrogens is 332 g/mol. The molecule has 140 valence electrons. The van der Waals surface area contributed by atoms with Crippen LogP contribution in [-0.4, -0.2) is 41.9 Å². The van der Waals surface area contributed by atoms with Crippen LogP contribution < -0.4 is 5.73 Å². The van der Waals surface area contributed by atoms with Crippen molar-refractivity contribution in [2.45, 2.75) is 56.4 Å². The lowest BCUT2D eigenvalue weighted by molar-refractivity contribution is -0.159.